The Morgan fingerprint density at radius 2 is 1.89 bits per heavy atom. The van der Waals surface area contributed by atoms with Crippen LogP contribution in [-0.4, -0.2) is 30.1 Å². The number of amides is 1. The van der Waals surface area contributed by atoms with Crippen LogP contribution in [0.4, 0.5) is 14.9 Å². The zero-order chi connectivity index (χ0) is 19.1. The van der Waals surface area contributed by atoms with Crippen LogP contribution >= 0.6 is 0 Å². The van der Waals surface area contributed by atoms with Crippen LogP contribution in [0.15, 0.2) is 48.5 Å². The van der Waals surface area contributed by atoms with Crippen LogP contribution in [0.5, 0.6) is 0 Å². The van der Waals surface area contributed by atoms with E-state index in [-0.39, 0.29) is 17.3 Å². The summed E-state index contributed by atoms with van der Waals surface area (Å²) in [6, 6.07) is 15.2. The highest BCUT2D eigenvalue weighted by Gasteiger charge is 2.53. The van der Waals surface area contributed by atoms with Crippen molar-refractivity contribution >= 4 is 11.8 Å². The molecule has 2 aromatic carbocycles. The van der Waals surface area contributed by atoms with Gasteiger partial charge in [0.15, 0.2) is 0 Å². The second-order valence-corrected chi connectivity index (χ2v) is 8.33. The number of likely N-dealkylation sites (tertiary alicyclic amines) is 1. The average molecular weight is 380 g/mol. The van der Waals surface area contributed by atoms with Gasteiger partial charge >= 0.3 is 6.09 Å². The number of hydrogen-bond donors (Lipinski definition) is 1. The number of piperidine rings is 1. The van der Waals surface area contributed by atoms with Gasteiger partial charge in [-0.25, -0.2) is 9.18 Å². The van der Waals surface area contributed by atoms with E-state index < -0.39 is 0 Å². The molecule has 2 aliphatic heterocycles. The first-order valence-electron chi connectivity index (χ1n) is 10.2. The maximum Gasteiger partial charge on any atom is 0.410 e. The van der Waals surface area contributed by atoms with Gasteiger partial charge in [-0.1, -0.05) is 36.4 Å². The molecule has 4 nitrogen and oxygen atoms in total. The molecule has 1 aliphatic carbocycles. The molecule has 2 heterocycles. The average Bonchev–Trinajstić information content (AvgIpc) is 3.52. The second kappa shape index (κ2) is 6.80. The summed E-state index contributed by atoms with van der Waals surface area (Å²) in [6.07, 6.45) is 4.00. The van der Waals surface area contributed by atoms with Crippen molar-refractivity contribution in [3.05, 3.63) is 65.5 Å². The van der Waals surface area contributed by atoms with Gasteiger partial charge in [0.25, 0.3) is 0 Å². The summed E-state index contributed by atoms with van der Waals surface area (Å²) in [4.78, 5) is 14.4. The van der Waals surface area contributed by atoms with Gasteiger partial charge < -0.3 is 15.0 Å². The van der Waals surface area contributed by atoms with E-state index in [1.54, 1.807) is 12.1 Å². The molecule has 0 aromatic heterocycles. The summed E-state index contributed by atoms with van der Waals surface area (Å²) in [6.45, 7) is 1.65. The molecule has 1 spiro atoms. The van der Waals surface area contributed by atoms with Crippen molar-refractivity contribution in [3.8, 4) is 0 Å². The van der Waals surface area contributed by atoms with E-state index in [2.05, 4.69) is 5.32 Å². The van der Waals surface area contributed by atoms with Crippen molar-refractivity contribution in [2.45, 2.75) is 43.7 Å². The van der Waals surface area contributed by atoms with Gasteiger partial charge in [-0.2, -0.15) is 0 Å². The van der Waals surface area contributed by atoms with E-state index in [4.69, 9.17) is 4.74 Å². The number of benzene rings is 2. The Labute approximate surface area is 164 Å². The molecule has 1 saturated carbocycles. The lowest BCUT2D eigenvalue weighted by Gasteiger charge is -2.43. The first-order valence-corrected chi connectivity index (χ1v) is 10.2. The highest BCUT2D eigenvalue weighted by Crippen LogP contribution is 2.54. The van der Waals surface area contributed by atoms with Crippen molar-refractivity contribution in [3.63, 3.8) is 0 Å². The van der Waals surface area contributed by atoms with Gasteiger partial charge in [0.2, 0.25) is 0 Å². The van der Waals surface area contributed by atoms with Crippen molar-refractivity contribution in [2.75, 3.05) is 18.4 Å². The molecule has 0 radical (unpaired) electrons. The van der Waals surface area contributed by atoms with Gasteiger partial charge in [-0.05, 0) is 54.9 Å². The summed E-state index contributed by atoms with van der Waals surface area (Å²) in [5.74, 6) is 0.465. The number of fused-ring (bicyclic) bond motifs is 2. The van der Waals surface area contributed by atoms with E-state index in [1.165, 1.54) is 18.4 Å². The predicted molar refractivity (Wildman–Crippen MR) is 106 cm³/mol. The SMILES string of the molecule is O=C(OCc1ccccc1)N1CCC2(CC1)c1ccc(F)cc1NC2C1CC1. The zero-order valence-electron chi connectivity index (χ0n) is 15.9. The Morgan fingerprint density at radius 3 is 2.61 bits per heavy atom. The smallest absolute Gasteiger partial charge is 0.410 e. The Morgan fingerprint density at radius 1 is 1.14 bits per heavy atom. The molecular weight excluding hydrogens is 355 g/mol. The van der Waals surface area contributed by atoms with Crippen molar-refractivity contribution in [1.82, 2.24) is 4.90 Å². The number of rotatable bonds is 3. The molecule has 2 fully saturated rings. The molecule has 1 N–H and O–H groups in total. The summed E-state index contributed by atoms with van der Waals surface area (Å²) >= 11 is 0. The van der Waals surface area contributed by atoms with Crippen LogP contribution in [0.1, 0.15) is 36.8 Å². The summed E-state index contributed by atoms with van der Waals surface area (Å²) < 4.78 is 19.3. The first-order chi connectivity index (χ1) is 13.7. The van der Waals surface area contributed by atoms with Crippen molar-refractivity contribution < 1.29 is 13.9 Å². The molecule has 1 atom stereocenters. The van der Waals surface area contributed by atoms with Crippen LogP contribution in [0.25, 0.3) is 0 Å². The molecular formula is C23H25FN2O2. The summed E-state index contributed by atoms with van der Waals surface area (Å²) in [7, 11) is 0. The molecule has 1 amide bonds. The first kappa shape index (κ1) is 17.5. The highest BCUT2D eigenvalue weighted by atomic mass is 19.1. The summed E-state index contributed by atoms with van der Waals surface area (Å²) in [5, 5.41) is 3.61. The predicted octanol–water partition coefficient (Wildman–Crippen LogP) is 4.70. The standard InChI is InChI=1S/C23H25FN2O2/c24-18-8-9-19-20(14-18)25-21(17-6-7-17)23(19)10-12-26(13-11-23)22(27)28-15-16-4-2-1-3-5-16/h1-5,8-9,14,17,21,25H,6-7,10-13,15H2. The van der Waals surface area contributed by atoms with Crippen LogP contribution in [0.3, 0.4) is 0 Å². The Kier molecular flexibility index (Phi) is 4.26. The van der Waals surface area contributed by atoms with Gasteiger partial charge in [0, 0.05) is 30.2 Å². The molecule has 1 unspecified atom stereocenters. The minimum Gasteiger partial charge on any atom is -0.445 e. The lowest BCUT2D eigenvalue weighted by atomic mass is 9.68. The molecule has 5 rings (SSSR count). The maximum absolute atomic E-state index is 13.7. The van der Waals surface area contributed by atoms with E-state index in [1.807, 2.05) is 41.3 Å². The van der Waals surface area contributed by atoms with Gasteiger partial charge in [0.1, 0.15) is 12.4 Å². The lowest BCUT2D eigenvalue weighted by Crippen LogP contribution is -2.51. The fourth-order valence-electron chi connectivity index (χ4n) is 5.02. The fourth-order valence-corrected chi connectivity index (χ4v) is 5.02. The van der Waals surface area contributed by atoms with Crippen LogP contribution < -0.4 is 5.32 Å². The number of nitrogens with one attached hydrogen (secondary N) is 1. The number of anilines is 1. The lowest BCUT2D eigenvalue weighted by molar-refractivity contribution is 0.0744. The number of hydrogen-bond acceptors (Lipinski definition) is 3. The normalized spacial score (nSPS) is 22.6. The van der Waals surface area contributed by atoms with Crippen LogP contribution in [0, 0.1) is 11.7 Å². The van der Waals surface area contributed by atoms with Crippen molar-refractivity contribution in [2.24, 2.45) is 5.92 Å². The quantitative estimate of drug-likeness (QED) is 0.839. The van der Waals surface area contributed by atoms with Crippen LogP contribution in [-0.2, 0) is 16.8 Å². The minimum absolute atomic E-state index is 0.000407. The number of ether oxygens (including phenoxy) is 1. The Hall–Kier alpha value is -2.56. The number of carbonyl (C=O) groups is 1. The fraction of sp³-hybridized carbons (Fsp3) is 0.435. The second-order valence-electron chi connectivity index (χ2n) is 8.33. The largest absolute Gasteiger partial charge is 0.445 e. The van der Waals surface area contributed by atoms with E-state index >= 15 is 0 Å². The van der Waals surface area contributed by atoms with Crippen molar-refractivity contribution in [1.29, 1.82) is 0 Å². The van der Waals surface area contributed by atoms with E-state index in [0.29, 0.717) is 31.7 Å². The number of nitrogens with zero attached hydrogens (tertiary/aromatic N) is 1. The van der Waals surface area contributed by atoms with E-state index in [0.717, 1.165) is 24.1 Å². The van der Waals surface area contributed by atoms with Crippen LogP contribution in [0.2, 0.25) is 0 Å². The third kappa shape index (κ3) is 3.03. The Balaban J connectivity index is 1.28. The molecule has 1 saturated heterocycles. The number of carbonyl (C=O) groups excluding carboxylic acids is 1. The molecule has 2 aromatic rings. The maximum atomic E-state index is 13.7. The zero-order valence-corrected chi connectivity index (χ0v) is 15.9. The molecule has 28 heavy (non-hydrogen) atoms. The third-order valence-electron chi connectivity index (χ3n) is 6.64. The molecule has 0 bridgehead atoms. The number of halogens is 1. The van der Waals surface area contributed by atoms with E-state index in [9.17, 15) is 9.18 Å². The molecule has 3 aliphatic rings. The highest BCUT2D eigenvalue weighted by molar-refractivity contribution is 5.69. The third-order valence-corrected chi connectivity index (χ3v) is 6.64. The molecule has 5 heteroatoms. The van der Waals surface area contributed by atoms with Gasteiger partial charge in [-0.15, -0.1) is 0 Å². The molecule has 146 valence electrons. The topological polar surface area (TPSA) is 41.6 Å². The minimum atomic E-state index is -0.244. The van der Waals surface area contributed by atoms with Gasteiger partial charge in [0.05, 0.1) is 0 Å². The van der Waals surface area contributed by atoms with Gasteiger partial charge in [-0.3, -0.25) is 0 Å². The Bertz CT molecular complexity index is 873. The summed E-state index contributed by atoms with van der Waals surface area (Å²) in [5.41, 5.74) is 3.16. The monoisotopic (exact) mass is 380 g/mol.